The number of hydrogen-bond donors (Lipinski definition) is 1. The van der Waals surface area contributed by atoms with Gasteiger partial charge >= 0.3 is 0 Å². The van der Waals surface area contributed by atoms with Gasteiger partial charge in [0, 0.05) is 18.0 Å². The lowest BCUT2D eigenvalue weighted by molar-refractivity contribution is 0.0307. The molecule has 0 aromatic carbocycles. The Bertz CT molecular complexity index is 641. The van der Waals surface area contributed by atoms with Crippen LogP contribution in [0.5, 0.6) is 0 Å². The van der Waals surface area contributed by atoms with Crippen LogP contribution in [-0.4, -0.2) is 33.8 Å². The molecule has 4 nitrogen and oxygen atoms in total. The summed E-state index contributed by atoms with van der Waals surface area (Å²) in [7, 11) is 0. The first-order valence-electron chi connectivity index (χ1n) is 6.87. The summed E-state index contributed by atoms with van der Waals surface area (Å²) in [6, 6.07) is 0. The van der Waals surface area contributed by atoms with Gasteiger partial charge in [-0.2, -0.15) is 0 Å². The zero-order valence-electron chi connectivity index (χ0n) is 11.0. The van der Waals surface area contributed by atoms with E-state index in [-0.39, 0.29) is 0 Å². The molecule has 1 aliphatic heterocycles. The summed E-state index contributed by atoms with van der Waals surface area (Å²) in [6.07, 6.45) is 6.56. The van der Waals surface area contributed by atoms with E-state index in [1.165, 1.54) is 35.1 Å². The zero-order chi connectivity index (χ0) is 13.0. The van der Waals surface area contributed by atoms with Crippen LogP contribution < -0.4 is 4.90 Å². The van der Waals surface area contributed by atoms with Crippen LogP contribution in [0.25, 0.3) is 10.2 Å². The highest BCUT2D eigenvalue weighted by Gasteiger charge is 2.38. The molecular weight excluding hydrogens is 258 g/mol. The van der Waals surface area contributed by atoms with Crippen LogP contribution in [-0.2, 0) is 12.8 Å². The van der Waals surface area contributed by atoms with Crippen molar-refractivity contribution < 1.29 is 5.11 Å². The molecule has 100 valence electrons. The third-order valence-corrected chi connectivity index (χ3v) is 5.29. The van der Waals surface area contributed by atoms with Crippen LogP contribution in [0.4, 0.5) is 5.82 Å². The summed E-state index contributed by atoms with van der Waals surface area (Å²) in [5.41, 5.74) is 0.904. The fourth-order valence-corrected chi connectivity index (χ4v) is 4.46. The number of β-amino-alcohol motifs (C(OH)–C–C–N with tert-alkyl or cyclic N) is 1. The third-order valence-electron chi connectivity index (χ3n) is 4.09. The molecule has 19 heavy (non-hydrogen) atoms. The molecule has 1 fully saturated rings. The number of aromatic nitrogens is 2. The van der Waals surface area contributed by atoms with E-state index in [0.29, 0.717) is 13.1 Å². The van der Waals surface area contributed by atoms with E-state index < -0.39 is 5.60 Å². The average Bonchev–Trinajstić information content (AvgIpc) is 2.74. The average molecular weight is 275 g/mol. The fraction of sp³-hybridized carbons (Fsp3) is 0.571. The summed E-state index contributed by atoms with van der Waals surface area (Å²) < 4.78 is 0. The first kappa shape index (κ1) is 11.6. The maximum Gasteiger partial charge on any atom is 0.141 e. The molecule has 0 amide bonds. The van der Waals surface area contributed by atoms with Crippen molar-refractivity contribution in [1.29, 1.82) is 0 Å². The summed E-state index contributed by atoms with van der Waals surface area (Å²) in [4.78, 5) is 13.7. The number of hydrogen-bond acceptors (Lipinski definition) is 5. The minimum absolute atomic E-state index is 0.562. The Morgan fingerprint density at radius 3 is 2.84 bits per heavy atom. The highest BCUT2D eigenvalue weighted by Crippen LogP contribution is 2.40. The third kappa shape index (κ3) is 1.75. The summed E-state index contributed by atoms with van der Waals surface area (Å²) >= 11 is 1.83. The number of aliphatic hydroxyl groups is 1. The van der Waals surface area contributed by atoms with Crippen molar-refractivity contribution in [2.45, 2.75) is 38.2 Å². The van der Waals surface area contributed by atoms with Gasteiger partial charge in [0.1, 0.15) is 17.0 Å². The largest absolute Gasteiger partial charge is 0.386 e. The standard InChI is InChI=1S/C14H17N3OS/c1-14(18)6-17(7-14)12-11-9-4-2-3-5-10(9)19-13(11)16-8-15-12/h8,18H,2-7H2,1H3. The molecule has 0 bridgehead atoms. The predicted molar refractivity (Wildman–Crippen MR) is 76.9 cm³/mol. The van der Waals surface area contributed by atoms with Crippen molar-refractivity contribution >= 4 is 27.4 Å². The van der Waals surface area contributed by atoms with Crippen molar-refractivity contribution in [2.24, 2.45) is 0 Å². The molecule has 2 aliphatic rings. The summed E-state index contributed by atoms with van der Waals surface area (Å²) in [6.45, 7) is 3.22. The molecule has 2 aromatic heterocycles. The molecular formula is C14H17N3OS. The monoisotopic (exact) mass is 275 g/mol. The van der Waals surface area contributed by atoms with Crippen LogP contribution in [0.3, 0.4) is 0 Å². The van der Waals surface area contributed by atoms with Crippen molar-refractivity contribution in [3.05, 3.63) is 16.8 Å². The van der Waals surface area contributed by atoms with Gasteiger partial charge in [0.15, 0.2) is 0 Å². The second kappa shape index (κ2) is 3.90. The molecule has 0 saturated carbocycles. The highest BCUT2D eigenvalue weighted by molar-refractivity contribution is 7.19. The lowest BCUT2D eigenvalue weighted by Crippen LogP contribution is -2.60. The molecule has 1 N–H and O–H groups in total. The smallest absolute Gasteiger partial charge is 0.141 e. The van der Waals surface area contributed by atoms with E-state index in [1.54, 1.807) is 6.33 Å². The quantitative estimate of drug-likeness (QED) is 0.866. The molecule has 2 aromatic rings. The van der Waals surface area contributed by atoms with Gasteiger partial charge in [-0.15, -0.1) is 11.3 Å². The lowest BCUT2D eigenvalue weighted by atomic mass is 9.94. The molecule has 3 heterocycles. The van der Waals surface area contributed by atoms with Crippen LogP contribution in [0.2, 0.25) is 0 Å². The molecule has 0 spiro atoms. The topological polar surface area (TPSA) is 49.2 Å². The van der Waals surface area contributed by atoms with Crippen LogP contribution in [0.1, 0.15) is 30.2 Å². The number of rotatable bonds is 1. The van der Waals surface area contributed by atoms with Gasteiger partial charge < -0.3 is 10.0 Å². The second-order valence-corrected chi connectivity index (χ2v) is 7.02. The van der Waals surface area contributed by atoms with Crippen molar-refractivity contribution in [2.75, 3.05) is 18.0 Å². The van der Waals surface area contributed by atoms with E-state index in [1.807, 2.05) is 18.3 Å². The van der Waals surface area contributed by atoms with Gasteiger partial charge in [-0.1, -0.05) is 0 Å². The highest BCUT2D eigenvalue weighted by atomic mass is 32.1. The van der Waals surface area contributed by atoms with Crippen molar-refractivity contribution in [3.8, 4) is 0 Å². The maximum atomic E-state index is 9.92. The Labute approximate surface area is 116 Å². The predicted octanol–water partition coefficient (Wildman–Crippen LogP) is 2.14. The number of fused-ring (bicyclic) bond motifs is 3. The number of anilines is 1. The second-order valence-electron chi connectivity index (χ2n) is 5.94. The Morgan fingerprint density at radius 2 is 2.05 bits per heavy atom. The first-order chi connectivity index (χ1) is 9.14. The van der Waals surface area contributed by atoms with Gasteiger partial charge in [-0.25, -0.2) is 9.97 Å². The molecule has 1 saturated heterocycles. The summed E-state index contributed by atoms with van der Waals surface area (Å²) in [5.74, 6) is 1.02. The normalized spacial score (nSPS) is 21.3. The zero-order valence-corrected chi connectivity index (χ0v) is 11.8. The lowest BCUT2D eigenvalue weighted by Gasteiger charge is -2.45. The van der Waals surface area contributed by atoms with Crippen molar-refractivity contribution in [3.63, 3.8) is 0 Å². The molecule has 0 unspecified atom stereocenters. The van der Waals surface area contributed by atoms with E-state index in [0.717, 1.165) is 17.1 Å². The molecule has 0 atom stereocenters. The molecule has 5 heteroatoms. The minimum atomic E-state index is -0.562. The Kier molecular flexibility index (Phi) is 2.38. The minimum Gasteiger partial charge on any atom is -0.386 e. The van der Waals surface area contributed by atoms with Gasteiger partial charge in [0.25, 0.3) is 0 Å². The Hall–Kier alpha value is -1.20. The van der Waals surface area contributed by atoms with Crippen LogP contribution >= 0.6 is 11.3 Å². The molecule has 0 radical (unpaired) electrons. The van der Waals surface area contributed by atoms with E-state index in [9.17, 15) is 5.11 Å². The van der Waals surface area contributed by atoms with E-state index in [4.69, 9.17) is 0 Å². The van der Waals surface area contributed by atoms with Gasteiger partial charge in [0.2, 0.25) is 0 Å². The number of aryl methyl sites for hydroxylation is 2. The van der Waals surface area contributed by atoms with Crippen LogP contribution in [0.15, 0.2) is 6.33 Å². The number of thiophene rings is 1. The van der Waals surface area contributed by atoms with E-state index in [2.05, 4.69) is 14.9 Å². The molecule has 1 aliphatic carbocycles. The summed E-state index contributed by atoms with van der Waals surface area (Å²) in [5, 5.41) is 11.2. The van der Waals surface area contributed by atoms with Gasteiger partial charge in [-0.05, 0) is 38.2 Å². The van der Waals surface area contributed by atoms with Crippen LogP contribution in [0, 0.1) is 0 Å². The van der Waals surface area contributed by atoms with Gasteiger partial charge in [-0.3, -0.25) is 0 Å². The first-order valence-corrected chi connectivity index (χ1v) is 7.68. The van der Waals surface area contributed by atoms with Gasteiger partial charge in [0.05, 0.1) is 11.0 Å². The SMILES string of the molecule is CC1(O)CN(c2ncnc3sc4c(c23)CCCC4)C1. The molecule has 4 rings (SSSR count). The van der Waals surface area contributed by atoms with Crippen molar-refractivity contribution in [1.82, 2.24) is 9.97 Å². The van der Waals surface area contributed by atoms with E-state index >= 15 is 0 Å². The Morgan fingerprint density at radius 1 is 1.26 bits per heavy atom. The fourth-order valence-electron chi connectivity index (χ4n) is 3.24. The Balaban J connectivity index is 1.85. The number of nitrogens with zero attached hydrogens (tertiary/aromatic N) is 3. The maximum absolute atomic E-state index is 9.92.